The topological polar surface area (TPSA) is 20.2 Å². The van der Waals surface area contributed by atoms with Crippen molar-refractivity contribution in [2.45, 2.75) is 61.2 Å². The summed E-state index contributed by atoms with van der Waals surface area (Å²) in [6.45, 7) is 4.76. The number of aliphatic hydroxyl groups is 1. The number of rotatable bonds is 10. The molecule has 0 saturated heterocycles. The van der Waals surface area contributed by atoms with Crippen molar-refractivity contribution in [2.24, 2.45) is 0 Å². The van der Waals surface area contributed by atoms with E-state index in [-0.39, 0.29) is 0 Å². The predicted octanol–water partition coefficient (Wildman–Crippen LogP) is 4.64. The molecule has 0 aromatic heterocycles. The van der Waals surface area contributed by atoms with Crippen LogP contribution in [0.15, 0.2) is 10.2 Å². The van der Waals surface area contributed by atoms with Crippen LogP contribution in [-0.4, -0.2) is 29.0 Å². The average Bonchev–Trinajstić information content (AvgIpc) is 2.30. The van der Waals surface area contributed by atoms with Crippen LogP contribution in [-0.2, 0) is 0 Å². The molecule has 0 unspecified atom stereocenters. The van der Waals surface area contributed by atoms with E-state index in [0.717, 1.165) is 12.8 Å². The van der Waals surface area contributed by atoms with Gasteiger partial charge in [-0.15, -0.1) is 0 Å². The Bertz CT molecular complexity index is 175. The van der Waals surface area contributed by atoms with E-state index in [1.54, 1.807) is 0 Å². The van der Waals surface area contributed by atoms with Gasteiger partial charge < -0.3 is 0 Å². The molecule has 0 aliphatic heterocycles. The van der Waals surface area contributed by atoms with E-state index < -0.39 is 17.3 Å². The first kappa shape index (κ1) is 16.8. The second-order valence-electron chi connectivity index (χ2n) is 4.51. The fourth-order valence-electron chi connectivity index (χ4n) is 1.74. The molecule has 0 aromatic carbocycles. The first-order valence-electron chi connectivity index (χ1n) is 6.66. The fourth-order valence-corrected chi connectivity index (χ4v) is 12.8. The van der Waals surface area contributed by atoms with Gasteiger partial charge in [0.2, 0.25) is 0 Å². The van der Waals surface area contributed by atoms with Crippen molar-refractivity contribution in [3.63, 3.8) is 0 Å². The Labute approximate surface area is 109 Å². The maximum absolute atomic E-state index is 8.73. The first-order chi connectivity index (χ1) is 7.68. The summed E-state index contributed by atoms with van der Waals surface area (Å²) in [5.74, 6) is 0. The van der Waals surface area contributed by atoms with Gasteiger partial charge in [-0.25, -0.2) is 0 Å². The zero-order valence-corrected chi connectivity index (χ0v) is 14.5. The molecular weight excluding hydrogens is 326 g/mol. The number of unbranched alkanes of at least 4 members (excludes halogenated alkanes) is 3. The van der Waals surface area contributed by atoms with Crippen LogP contribution in [0.2, 0.25) is 8.87 Å². The van der Waals surface area contributed by atoms with Gasteiger partial charge in [0.25, 0.3) is 0 Å². The summed E-state index contributed by atoms with van der Waals surface area (Å²) in [6, 6.07) is 0. The summed E-state index contributed by atoms with van der Waals surface area (Å²) in [6.07, 6.45) is 9.16. The van der Waals surface area contributed by atoms with Crippen LogP contribution in [0, 0.1) is 0 Å². The van der Waals surface area contributed by atoms with Crippen molar-refractivity contribution in [2.75, 3.05) is 6.61 Å². The van der Waals surface area contributed by atoms with Crippen LogP contribution in [0.4, 0.5) is 0 Å². The van der Waals surface area contributed by atoms with Crippen LogP contribution in [0.3, 0.4) is 0 Å². The summed E-state index contributed by atoms with van der Waals surface area (Å²) in [4.78, 5) is 0. The van der Waals surface area contributed by atoms with Gasteiger partial charge in [0.05, 0.1) is 0 Å². The SMILES string of the molecule is CCC[CH2][Sn]([Cl])(/[CH]=C\CCCO)[CH2]CCC. The van der Waals surface area contributed by atoms with E-state index in [4.69, 9.17) is 14.0 Å². The van der Waals surface area contributed by atoms with Crippen LogP contribution in [0.25, 0.3) is 0 Å². The van der Waals surface area contributed by atoms with Gasteiger partial charge >= 0.3 is 109 Å². The van der Waals surface area contributed by atoms with Gasteiger partial charge in [-0.05, 0) is 0 Å². The monoisotopic (exact) mass is 354 g/mol. The Morgan fingerprint density at radius 2 is 1.62 bits per heavy atom. The Morgan fingerprint density at radius 3 is 2.06 bits per heavy atom. The molecule has 0 rings (SSSR count). The van der Waals surface area contributed by atoms with Gasteiger partial charge in [-0.3, -0.25) is 0 Å². The van der Waals surface area contributed by atoms with E-state index in [1.165, 1.54) is 34.6 Å². The molecule has 0 saturated carbocycles. The number of halogens is 1. The van der Waals surface area contributed by atoms with E-state index >= 15 is 0 Å². The molecule has 96 valence electrons. The minimum absolute atomic E-state index is 0.291. The van der Waals surface area contributed by atoms with Crippen molar-refractivity contribution in [3.8, 4) is 0 Å². The van der Waals surface area contributed by atoms with E-state index in [9.17, 15) is 0 Å². The molecular formula is C13H27ClOSn. The maximum atomic E-state index is 8.73. The number of hydrogen-bond donors (Lipinski definition) is 1. The molecule has 0 atom stereocenters. The van der Waals surface area contributed by atoms with Crippen molar-refractivity contribution in [1.29, 1.82) is 0 Å². The minimum atomic E-state index is -2.40. The van der Waals surface area contributed by atoms with Crippen LogP contribution in [0.5, 0.6) is 0 Å². The molecule has 0 bridgehead atoms. The summed E-state index contributed by atoms with van der Waals surface area (Å²) >= 11 is -2.40. The van der Waals surface area contributed by atoms with Gasteiger partial charge in [-0.1, -0.05) is 0 Å². The van der Waals surface area contributed by atoms with Crippen molar-refractivity contribution in [1.82, 2.24) is 0 Å². The second-order valence-corrected chi connectivity index (χ2v) is 19.3. The number of allylic oxidation sites excluding steroid dienone is 1. The molecule has 0 aromatic rings. The van der Waals surface area contributed by atoms with E-state index in [0.29, 0.717) is 6.61 Å². The zero-order valence-electron chi connectivity index (χ0n) is 10.8. The molecule has 0 fully saturated rings. The standard InChI is InChI=1S/C5H9O.2C4H9.ClH.Sn/c1-2-3-4-5-6;2*1-3-4-2;;/h1-2,6H,3-5H2;2*1,3-4H2,2H3;1H;/q;;;;+1/p-1. The molecule has 0 radical (unpaired) electrons. The summed E-state index contributed by atoms with van der Waals surface area (Å²) in [7, 11) is 6.84. The molecule has 0 spiro atoms. The van der Waals surface area contributed by atoms with Gasteiger partial charge in [-0.2, -0.15) is 0 Å². The fraction of sp³-hybridized carbons (Fsp3) is 0.846. The van der Waals surface area contributed by atoms with Crippen LogP contribution >= 0.6 is 8.92 Å². The van der Waals surface area contributed by atoms with Crippen molar-refractivity contribution >= 4 is 26.2 Å². The number of hydrogen-bond acceptors (Lipinski definition) is 1. The zero-order chi connectivity index (χ0) is 12.3. The Morgan fingerprint density at radius 1 is 1.06 bits per heavy atom. The third-order valence-electron chi connectivity index (χ3n) is 2.84. The molecule has 0 aliphatic carbocycles. The average molecular weight is 354 g/mol. The van der Waals surface area contributed by atoms with Crippen molar-refractivity contribution in [3.05, 3.63) is 10.2 Å². The van der Waals surface area contributed by atoms with Gasteiger partial charge in [0.1, 0.15) is 0 Å². The first-order valence-corrected chi connectivity index (χ1v) is 16.0. The Kier molecular flexibility index (Phi) is 11.5. The van der Waals surface area contributed by atoms with Crippen molar-refractivity contribution < 1.29 is 5.11 Å². The van der Waals surface area contributed by atoms with Crippen LogP contribution < -0.4 is 0 Å². The Balaban J connectivity index is 4.10. The summed E-state index contributed by atoms with van der Waals surface area (Å²) in [5, 5.41) is 8.73. The molecule has 0 amide bonds. The quantitative estimate of drug-likeness (QED) is 0.448. The second kappa shape index (κ2) is 10.9. The van der Waals surface area contributed by atoms with E-state index in [1.807, 2.05) is 0 Å². The van der Waals surface area contributed by atoms with Gasteiger partial charge in [0, 0.05) is 0 Å². The molecule has 0 aliphatic rings. The molecule has 0 heterocycles. The van der Waals surface area contributed by atoms with Gasteiger partial charge in [0.15, 0.2) is 0 Å². The Hall–Kier alpha value is 0.789. The molecule has 16 heavy (non-hydrogen) atoms. The summed E-state index contributed by atoms with van der Waals surface area (Å²) < 4.78 is 4.93. The summed E-state index contributed by atoms with van der Waals surface area (Å²) in [5.41, 5.74) is 0. The predicted molar refractivity (Wildman–Crippen MR) is 76.5 cm³/mol. The molecule has 1 N–H and O–H groups in total. The van der Waals surface area contributed by atoms with Crippen LogP contribution in [0.1, 0.15) is 52.4 Å². The molecule has 1 nitrogen and oxygen atoms in total. The normalized spacial score (nSPS) is 12.5. The number of aliphatic hydroxyl groups excluding tert-OH is 1. The third-order valence-corrected chi connectivity index (χ3v) is 15.4. The third kappa shape index (κ3) is 8.89. The molecule has 3 heteroatoms. The van der Waals surface area contributed by atoms with E-state index in [2.05, 4.69) is 24.0 Å².